The fourth-order valence-electron chi connectivity index (χ4n) is 3.85. The summed E-state index contributed by atoms with van der Waals surface area (Å²) in [7, 11) is 3.41. The molecule has 1 saturated carbocycles. The Kier molecular flexibility index (Phi) is 5.17. The quantitative estimate of drug-likeness (QED) is 0.684. The number of anilines is 1. The smallest absolute Gasteiger partial charge is 0.257 e. The van der Waals surface area contributed by atoms with Gasteiger partial charge in [-0.3, -0.25) is 4.79 Å². The molecule has 0 spiro atoms. The number of ether oxygens (including phenoxy) is 1. The largest absolute Gasteiger partial charge is 0.496 e. The average Bonchev–Trinajstić information content (AvgIpc) is 3.33. The lowest BCUT2D eigenvalue weighted by Gasteiger charge is -2.30. The second-order valence-corrected chi connectivity index (χ2v) is 8.03. The van der Waals surface area contributed by atoms with E-state index in [4.69, 9.17) is 4.74 Å². The Bertz CT molecular complexity index is 1010. The van der Waals surface area contributed by atoms with Crippen molar-refractivity contribution in [3.8, 4) is 5.75 Å². The molecule has 1 aliphatic carbocycles. The Labute approximate surface area is 167 Å². The molecule has 28 heavy (non-hydrogen) atoms. The van der Waals surface area contributed by atoms with E-state index in [0.717, 1.165) is 34.6 Å². The Morgan fingerprint density at radius 2 is 2.11 bits per heavy atom. The second kappa shape index (κ2) is 7.75. The van der Waals surface area contributed by atoms with Crippen LogP contribution >= 0.6 is 11.3 Å². The number of hydrogen-bond donors (Lipinski definition) is 1. The summed E-state index contributed by atoms with van der Waals surface area (Å²) in [6.45, 7) is 0. The van der Waals surface area contributed by atoms with E-state index < -0.39 is 0 Å². The van der Waals surface area contributed by atoms with Gasteiger partial charge in [-0.15, -0.1) is 0 Å². The number of para-hydroxylation sites is 1. The summed E-state index contributed by atoms with van der Waals surface area (Å²) in [5, 5.41) is 4.24. The van der Waals surface area contributed by atoms with Gasteiger partial charge in [0.15, 0.2) is 5.13 Å². The summed E-state index contributed by atoms with van der Waals surface area (Å²) >= 11 is 1.44. The minimum absolute atomic E-state index is 0.0532. The molecule has 5 nitrogen and oxygen atoms in total. The highest BCUT2D eigenvalue weighted by Gasteiger charge is 2.34. The molecule has 0 bridgehead atoms. The van der Waals surface area contributed by atoms with Gasteiger partial charge in [-0.25, -0.2) is 9.37 Å². The van der Waals surface area contributed by atoms with Crippen molar-refractivity contribution in [2.75, 3.05) is 19.5 Å². The molecule has 1 amide bonds. The van der Waals surface area contributed by atoms with Crippen LogP contribution in [0.1, 0.15) is 29.6 Å². The lowest BCUT2D eigenvalue weighted by Crippen LogP contribution is -2.44. The van der Waals surface area contributed by atoms with E-state index in [-0.39, 0.29) is 23.8 Å². The van der Waals surface area contributed by atoms with Crippen LogP contribution in [0.25, 0.3) is 10.2 Å². The number of amides is 1. The van der Waals surface area contributed by atoms with Crippen LogP contribution in [-0.4, -0.2) is 42.0 Å². The van der Waals surface area contributed by atoms with Gasteiger partial charge in [0, 0.05) is 13.1 Å². The Balaban J connectivity index is 1.53. The van der Waals surface area contributed by atoms with Gasteiger partial charge >= 0.3 is 0 Å². The van der Waals surface area contributed by atoms with Crippen LogP contribution in [0.15, 0.2) is 42.5 Å². The first-order valence-electron chi connectivity index (χ1n) is 9.29. The highest BCUT2D eigenvalue weighted by molar-refractivity contribution is 7.22. The number of nitrogens with zero attached hydrogens (tertiary/aromatic N) is 2. The number of aromatic nitrogens is 1. The van der Waals surface area contributed by atoms with Crippen molar-refractivity contribution >= 4 is 32.6 Å². The van der Waals surface area contributed by atoms with Crippen LogP contribution in [0.4, 0.5) is 9.52 Å². The first-order chi connectivity index (χ1) is 13.6. The van der Waals surface area contributed by atoms with E-state index in [1.54, 1.807) is 30.2 Å². The molecule has 1 aromatic heterocycles. The first kappa shape index (κ1) is 18.7. The number of thiazole rings is 1. The van der Waals surface area contributed by atoms with Crippen molar-refractivity contribution in [2.24, 2.45) is 0 Å². The topological polar surface area (TPSA) is 54.5 Å². The summed E-state index contributed by atoms with van der Waals surface area (Å²) in [4.78, 5) is 19.4. The molecule has 2 aromatic carbocycles. The van der Waals surface area contributed by atoms with Crippen LogP contribution in [0.5, 0.6) is 5.75 Å². The van der Waals surface area contributed by atoms with Crippen molar-refractivity contribution in [2.45, 2.75) is 31.3 Å². The molecule has 1 aliphatic rings. The van der Waals surface area contributed by atoms with Crippen molar-refractivity contribution in [3.05, 3.63) is 53.8 Å². The summed E-state index contributed by atoms with van der Waals surface area (Å²) in [5.41, 5.74) is 1.34. The van der Waals surface area contributed by atoms with Gasteiger partial charge in [-0.2, -0.15) is 0 Å². The van der Waals surface area contributed by atoms with Gasteiger partial charge in [0.05, 0.1) is 28.9 Å². The number of fused-ring (bicyclic) bond motifs is 1. The molecule has 146 valence electrons. The number of rotatable bonds is 5. The zero-order chi connectivity index (χ0) is 19.7. The van der Waals surface area contributed by atoms with Gasteiger partial charge in [0.25, 0.3) is 5.91 Å². The fraction of sp³-hybridized carbons (Fsp3) is 0.333. The molecule has 2 unspecified atom stereocenters. The lowest BCUT2D eigenvalue weighted by molar-refractivity contribution is 0.0724. The molecule has 2 atom stereocenters. The van der Waals surface area contributed by atoms with Crippen molar-refractivity contribution in [3.63, 3.8) is 0 Å². The first-order valence-corrected chi connectivity index (χ1v) is 10.1. The van der Waals surface area contributed by atoms with Crippen LogP contribution in [0, 0.1) is 5.82 Å². The van der Waals surface area contributed by atoms with E-state index in [2.05, 4.69) is 10.3 Å². The molecular weight excluding hydrogens is 377 g/mol. The number of likely N-dealkylation sites (N-methyl/N-ethyl adjacent to an activating group) is 1. The maximum atomic E-state index is 13.4. The van der Waals surface area contributed by atoms with E-state index in [9.17, 15) is 9.18 Å². The highest BCUT2D eigenvalue weighted by Crippen LogP contribution is 2.32. The average molecular weight is 399 g/mol. The molecule has 1 fully saturated rings. The highest BCUT2D eigenvalue weighted by atomic mass is 32.1. The number of halogens is 1. The van der Waals surface area contributed by atoms with E-state index in [1.165, 1.54) is 23.5 Å². The zero-order valence-corrected chi connectivity index (χ0v) is 16.6. The third-order valence-electron chi connectivity index (χ3n) is 5.29. The van der Waals surface area contributed by atoms with Crippen molar-refractivity contribution < 1.29 is 13.9 Å². The standard InChI is InChI=1S/C21H22FN3O2S/c1-25(20(26)14-6-3-4-9-18(14)27-2)17-8-5-7-15(17)23-21-24-16-11-10-13(22)12-19(16)28-21/h3-4,6,9-12,15,17H,5,7-8H2,1-2H3,(H,23,24). The van der Waals surface area contributed by atoms with E-state index in [0.29, 0.717) is 11.3 Å². The number of carbonyl (C=O) groups is 1. The Morgan fingerprint density at radius 1 is 1.29 bits per heavy atom. The van der Waals surface area contributed by atoms with Gasteiger partial charge in [-0.1, -0.05) is 23.5 Å². The molecule has 4 rings (SSSR count). The van der Waals surface area contributed by atoms with Gasteiger partial charge < -0.3 is 15.0 Å². The summed E-state index contributed by atoms with van der Waals surface area (Å²) in [6, 6.07) is 12.1. The molecule has 1 N–H and O–H groups in total. The zero-order valence-electron chi connectivity index (χ0n) is 15.8. The number of hydrogen-bond acceptors (Lipinski definition) is 5. The molecule has 3 aromatic rings. The number of methoxy groups -OCH3 is 1. The van der Waals surface area contributed by atoms with Crippen LogP contribution in [0.2, 0.25) is 0 Å². The van der Waals surface area contributed by atoms with Crippen LogP contribution in [-0.2, 0) is 0 Å². The van der Waals surface area contributed by atoms with Gasteiger partial charge in [0.1, 0.15) is 11.6 Å². The molecule has 1 heterocycles. The maximum absolute atomic E-state index is 13.4. The number of benzene rings is 2. The Hall–Kier alpha value is -2.67. The maximum Gasteiger partial charge on any atom is 0.257 e. The van der Waals surface area contributed by atoms with Gasteiger partial charge in [0.2, 0.25) is 0 Å². The van der Waals surface area contributed by atoms with Crippen molar-refractivity contribution in [1.29, 1.82) is 0 Å². The molecule has 7 heteroatoms. The van der Waals surface area contributed by atoms with Crippen LogP contribution < -0.4 is 10.1 Å². The van der Waals surface area contributed by atoms with Crippen LogP contribution in [0.3, 0.4) is 0 Å². The van der Waals surface area contributed by atoms with Crippen molar-refractivity contribution in [1.82, 2.24) is 9.88 Å². The number of carbonyl (C=O) groups excluding carboxylic acids is 1. The van der Waals surface area contributed by atoms with E-state index in [1.807, 2.05) is 19.2 Å². The molecule has 0 radical (unpaired) electrons. The minimum atomic E-state index is -0.261. The normalized spacial score (nSPS) is 19.0. The SMILES string of the molecule is COc1ccccc1C(=O)N(C)C1CCCC1Nc1nc2ccc(F)cc2s1. The summed E-state index contributed by atoms with van der Waals surface area (Å²) in [6.07, 6.45) is 2.92. The molecule has 0 aliphatic heterocycles. The monoisotopic (exact) mass is 399 g/mol. The van der Waals surface area contributed by atoms with Gasteiger partial charge in [-0.05, 0) is 49.6 Å². The Morgan fingerprint density at radius 3 is 2.93 bits per heavy atom. The van der Waals surface area contributed by atoms with E-state index >= 15 is 0 Å². The lowest BCUT2D eigenvalue weighted by atomic mass is 10.1. The molecule has 0 saturated heterocycles. The third-order valence-corrected chi connectivity index (χ3v) is 6.24. The summed E-state index contributed by atoms with van der Waals surface area (Å²) in [5.74, 6) is 0.265. The minimum Gasteiger partial charge on any atom is -0.496 e. The number of nitrogens with one attached hydrogen (secondary N) is 1. The summed E-state index contributed by atoms with van der Waals surface area (Å²) < 4.78 is 19.6. The second-order valence-electron chi connectivity index (χ2n) is 7.00. The fourth-order valence-corrected chi connectivity index (χ4v) is 4.81. The predicted molar refractivity (Wildman–Crippen MR) is 110 cm³/mol. The third kappa shape index (κ3) is 3.54. The predicted octanol–water partition coefficient (Wildman–Crippen LogP) is 4.55. The molecular formula is C21H22FN3O2S.